The fraction of sp³-hybridized carbons (Fsp3) is 0.417. The van der Waals surface area contributed by atoms with Gasteiger partial charge in [-0.1, -0.05) is 11.6 Å². The molecular weight excluding hydrogens is 258 g/mol. The lowest BCUT2D eigenvalue weighted by atomic mass is 10.2. The highest BCUT2D eigenvalue weighted by Crippen LogP contribution is 2.36. The highest BCUT2D eigenvalue weighted by Gasteiger charge is 2.16. The third kappa shape index (κ3) is 3.20. The first-order chi connectivity index (χ1) is 8.53. The number of halogens is 1. The van der Waals surface area contributed by atoms with E-state index in [9.17, 15) is 4.79 Å². The average molecular weight is 274 g/mol. The fourth-order valence-electron chi connectivity index (χ4n) is 1.44. The minimum absolute atomic E-state index is 0.371. The molecule has 6 heteroatoms. The number of anilines is 1. The minimum atomic E-state index is -0.506. The lowest BCUT2D eigenvalue weighted by Gasteiger charge is -2.17. The van der Waals surface area contributed by atoms with Gasteiger partial charge >= 0.3 is 5.97 Å². The average Bonchev–Trinajstić information content (AvgIpc) is 2.38. The van der Waals surface area contributed by atoms with Crippen molar-refractivity contribution >= 4 is 23.3 Å². The molecule has 1 aromatic rings. The standard InChI is InChI=1S/C12H16ClNO4/c1-7(12(15)18-4)14-9-5-8(13)10(16-2)6-11(9)17-3/h5-7,14H,1-4H3/t7-/m1/s1. The van der Waals surface area contributed by atoms with Crippen LogP contribution in [-0.4, -0.2) is 33.3 Å². The monoisotopic (exact) mass is 273 g/mol. The van der Waals surface area contributed by atoms with E-state index in [2.05, 4.69) is 10.1 Å². The summed E-state index contributed by atoms with van der Waals surface area (Å²) >= 11 is 6.02. The summed E-state index contributed by atoms with van der Waals surface area (Å²) in [5.74, 6) is 0.667. The van der Waals surface area contributed by atoms with Crippen molar-refractivity contribution in [2.45, 2.75) is 13.0 Å². The Balaban J connectivity index is 3.01. The molecule has 0 fully saturated rings. The van der Waals surface area contributed by atoms with Gasteiger partial charge in [0, 0.05) is 6.07 Å². The summed E-state index contributed by atoms with van der Waals surface area (Å²) in [6.45, 7) is 1.68. The minimum Gasteiger partial charge on any atom is -0.495 e. The first-order valence-electron chi connectivity index (χ1n) is 5.29. The van der Waals surface area contributed by atoms with Gasteiger partial charge < -0.3 is 19.5 Å². The van der Waals surface area contributed by atoms with Gasteiger partial charge in [-0.25, -0.2) is 4.79 Å². The number of benzene rings is 1. The second kappa shape index (κ2) is 6.35. The van der Waals surface area contributed by atoms with Crippen molar-refractivity contribution in [3.8, 4) is 11.5 Å². The van der Waals surface area contributed by atoms with Crippen LogP contribution < -0.4 is 14.8 Å². The Morgan fingerprint density at radius 2 is 1.83 bits per heavy atom. The number of hydrogen-bond acceptors (Lipinski definition) is 5. The van der Waals surface area contributed by atoms with E-state index in [1.54, 1.807) is 19.1 Å². The van der Waals surface area contributed by atoms with Crippen molar-refractivity contribution in [2.75, 3.05) is 26.6 Å². The van der Waals surface area contributed by atoms with Crippen LogP contribution in [0.5, 0.6) is 11.5 Å². The zero-order valence-electron chi connectivity index (χ0n) is 10.7. The van der Waals surface area contributed by atoms with E-state index < -0.39 is 6.04 Å². The van der Waals surface area contributed by atoms with Gasteiger partial charge in [-0.05, 0) is 13.0 Å². The molecule has 1 atom stereocenters. The Hall–Kier alpha value is -1.62. The van der Waals surface area contributed by atoms with E-state index in [-0.39, 0.29) is 5.97 Å². The Morgan fingerprint density at radius 1 is 1.22 bits per heavy atom. The van der Waals surface area contributed by atoms with Crippen LogP contribution in [0, 0.1) is 0 Å². The van der Waals surface area contributed by atoms with E-state index in [0.717, 1.165) is 0 Å². The number of ether oxygens (including phenoxy) is 3. The predicted molar refractivity (Wildman–Crippen MR) is 69.7 cm³/mol. The maximum atomic E-state index is 11.3. The summed E-state index contributed by atoms with van der Waals surface area (Å²) in [5.41, 5.74) is 0.598. The molecule has 1 aromatic carbocycles. The molecule has 0 amide bonds. The molecule has 0 radical (unpaired) electrons. The molecule has 0 saturated carbocycles. The molecule has 0 spiro atoms. The number of nitrogens with one attached hydrogen (secondary N) is 1. The van der Waals surface area contributed by atoms with Gasteiger partial charge in [0.05, 0.1) is 32.0 Å². The van der Waals surface area contributed by atoms with Gasteiger partial charge in [0.25, 0.3) is 0 Å². The van der Waals surface area contributed by atoms with Crippen molar-refractivity contribution in [1.82, 2.24) is 0 Å². The van der Waals surface area contributed by atoms with E-state index in [1.165, 1.54) is 21.3 Å². The number of methoxy groups -OCH3 is 3. The van der Waals surface area contributed by atoms with Crippen LogP contribution in [0.25, 0.3) is 0 Å². The van der Waals surface area contributed by atoms with Crippen LogP contribution in [0.3, 0.4) is 0 Å². The third-order valence-corrected chi connectivity index (χ3v) is 2.70. The van der Waals surface area contributed by atoms with Gasteiger partial charge in [-0.2, -0.15) is 0 Å². The smallest absolute Gasteiger partial charge is 0.327 e. The van der Waals surface area contributed by atoms with Crippen LogP contribution in [0.4, 0.5) is 5.69 Å². The molecule has 0 aliphatic rings. The number of esters is 1. The van der Waals surface area contributed by atoms with Gasteiger partial charge in [-0.3, -0.25) is 0 Å². The number of hydrogen-bond donors (Lipinski definition) is 1. The van der Waals surface area contributed by atoms with E-state index >= 15 is 0 Å². The van der Waals surface area contributed by atoms with Crippen LogP contribution >= 0.6 is 11.6 Å². The van der Waals surface area contributed by atoms with Gasteiger partial charge in [0.15, 0.2) is 0 Å². The molecule has 0 aliphatic heterocycles. The van der Waals surface area contributed by atoms with Crippen molar-refractivity contribution in [3.05, 3.63) is 17.2 Å². The van der Waals surface area contributed by atoms with Crippen LogP contribution in [0.1, 0.15) is 6.92 Å². The number of carbonyl (C=O) groups is 1. The summed E-state index contributed by atoms with van der Waals surface area (Å²) in [6, 6.07) is 2.78. The number of carbonyl (C=O) groups excluding carboxylic acids is 1. The van der Waals surface area contributed by atoms with Crippen LogP contribution in [0.15, 0.2) is 12.1 Å². The quantitative estimate of drug-likeness (QED) is 0.835. The molecule has 0 heterocycles. The zero-order valence-corrected chi connectivity index (χ0v) is 11.5. The summed E-state index contributed by atoms with van der Waals surface area (Å²) in [6.07, 6.45) is 0. The molecule has 0 aliphatic carbocycles. The van der Waals surface area contributed by atoms with Gasteiger partial charge in [-0.15, -0.1) is 0 Å². The topological polar surface area (TPSA) is 56.8 Å². The molecule has 5 nitrogen and oxygen atoms in total. The van der Waals surface area contributed by atoms with E-state index in [4.69, 9.17) is 21.1 Å². The van der Waals surface area contributed by atoms with Gasteiger partial charge in [0.2, 0.25) is 0 Å². The predicted octanol–water partition coefficient (Wildman–Crippen LogP) is 2.33. The molecule has 0 aromatic heterocycles. The lowest BCUT2D eigenvalue weighted by Crippen LogP contribution is -2.27. The number of rotatable bonds is 5. The van der Waals surface area contributed by atoms with Crippen LogP contribution in [0.2, 0.25) is 5.02 Å². The van der Waals surface area contributed by atoms with Crippen molar-refractivity contribution in [2.24, 2.45) is 0 Å². The zero-order chi connectivity index (χ0) is 13.7. The molecule has 0 unspecified atom stereocenters. The summed E-state index contributed by atoms with van der Waals surface area (Å²) < 4.78 is 14.9. The fourth-order valence-corrected chi connectivity index (χ4v) is 1.68. The SMILES string of the molecule is COC(=O)[C@@H](C)Nc1cc(Cl)c(OC)cc1OC. The van der Waals surface area contributed by atoms with E-state index in [1.807, 2.05) is 0 Å². The molecule has 100 valence electrons. The molecule has 0 saturated heterocycles. The molecule has 0 bridgehead atoms. The van der Waals surface area contributed by atoms with Gasteiger partial charge in [0.1, 0.15) is 17.5 Å². The Morgan fingerprint density at radius 3 is 2.33 bits per heavy atom. The van der Waals surface area contributed by atoms with Crippen LogP contribution in [-0.2, 0) is 9.53 Å². The molecule has 18 heavy (non-hydrogen) atoms. The van der Waals surface area contributed by atoms with Crippen molar-refractivity contribution in [3.63, 3.8) is 0 Å². The second-order valence-electron chi connectivity index (χ2n) is 3.58. The molecule has 1 rings (SSSR count). The third-order valence-electron chi connectivity index (χ3n) is 2.40. The summed E-state index contributed by atoms with van der Waals surface area (Å²) in [7, 11) is 4.38. The molecule has 1 N–H and O–H groups in total. The first kappa shape index (κ1) is 14.4. The Bertz CT molecular complexity index is 436. The lowest BCUT2D eigenvalue weighted by molar-refractivity contribution is -0.141. The summed E-state index contributed by atoms with van der Waals surface area (Å²) in [5, 5.41) is 3.39. The Labute approximate surface area is 111 Å². The highest BCUT2D eigenvalue weighted by atomic mass is 35.5. The maximum absolute atomic E-state index is 11.3. The maximum Gasteiger partial charge on any atom is 0.327 e. The second-order valence-corrected chi connectivity index (χ2v) is 3.98. The Kier molecular flexibility index (Phi) is 5.09. The van der Waals surface area contributed by atoms with Crippen molar-refractivity contribution in [1.29, 1.82) is 0 Å². The first-order valence-corrected chi connectivity index (χ1v) is 5.67. The van der Waals surface area contributed by atoms with E-state index in [0.29, 0.717) is 22.2 Å². The normalized spacial score (nSPS) is 11.6. The summed E-state index contributed by atoms with van der Waals surface area (Å²) in [4.78, 5) is 11.3. The van der Waals surface area contributed by atoms with Crippen molar-refractivity contribution < 1.29 is 19.0 Å². The molecular formula is C12H16ClNO4. The highest BCUT2D eigenvalue weighted by molar-refractivity contribution is 6.32. The largest absolute Gasteiger partial charge is 0.495 e.